The van der Waals surface area contributed by atoms with E-state index < -0.39 is 66.6 Å². The number of carbonyl (C=O) groups is 6. The fourth-order valence-electron chi connectivity index (χ4n) is 6.62. The summed E-state index contributed by atoms with van der Waals surface area (Å²) >= 11 is 0. The molecule has 5 amide bonds. The van der Waals surface area contributed by atoms with Crippen LogP contribution in [-0.4, -0.2) is 107 Å². The number of hydrogen-bond acceptors (Lipinski definition) is 8. The molecule has 0 unspecified atom stereocenters. The molecule has 0 aromatic heterocycles. The Morgan fingerprint density at radius 1 is 0.886 bits per heavy atom. The molecular weight excluding hydrogens is 570 g/mol. The van der Waals surface area contributed by atoms with E-state index in [1.54, 1.807) is 31.2 Å². The number of carbonyl (C=O) groups excluding carboxylic acids is 6. The Morgan fingerprint density at radius 3 is 2.36 bits per heavy atom. The van der Waals surface area contributed by atoms with Gasteiger partial charge in [-0.2, -0.15) is 0 Å². The number of hydrogen-bond donors (Lipinski definition) is 2. The van der Waals surface area contributed by atoms with Crippen molar-refractivity contribution in [1.82, 2.24) is 25.3 Å². The van der Waals surface area contributed by atoms with Crippen LogP contribution in [0.15, 0.2) is 30.3 Å². The Kier molecular flexibility index (Phi) is 9.70. The van der Waals surface area contributed by atoms with Gasteiger partial charge in [-0.15, -0.1) is 0 Å². The SMILES string of the molecule is C[C@@H]1C[C@H]2C(=O)OC[C@H](NC(=O)OCc3ccccc3)C(=O)N3CCC[C@H]3C(=O)N3CCCC[C@H]3C(=O)N[C@@H](C)C(=O)N2C1. The molecule has 4 saturated heterocycles. The smallest absolute Gasteiger partial charge is 0.408 e. The van der Waals surface area contributed by atoms with Gasteiger partial charge in [-0.05, 0) is 56.9 Å². The molecule has 4 heterocycles. The quantitative estimate of drug-likeness (QED) is 0.479. The highest BCUT2D eigenvalue weighted by Gasteiger charge is 2.45. The van der Waals surface area contributed by atoms with Gasteiger partial charge in [0, 0.05) is 19.6 Å². The van der Waals surface area contributed by atoms with Crippen molar-refractivity contribution in [3.05, 3.63) is 35.9 Å². The molecule has 4 aliphatic heterocycles. The standard InChI is InChI=1S/C31H41N5O8/c1-19-15-25-30(41)43-18-22(33-31(42)44-17-21-9-4-3-5-10-21)28(39)35-14-8-12-24(35)29(40)34-13-7-6-11-23(34)26(37)32-20(2)27(38)36(25)16-19/h3-5,9-10,19-20,22-25H,6-8,11-18H2,1-2H3,(H,32,37)(H,33,42)/t19-,20+,22+,23+,24+,25+/m1/s1. The summed E-state index contributed by atoms with van der Waals surface area (Å²) in [5.74, 6) is -2.51. The van der Waals surface area contributed by atoms with Crippen molar-refractivity contribution < 1.29 is 38.2 Å². The number of alkyl carbamates (subject to hydrolysis) is 1. The molecule has 0 aliphatic carbocycles. The van der Waals surface area contributed by atoms with Crippen molar-refractivity contribution in [3.63, 3.8) is 0 Å². The normalized spacial score (nSPS) is 30.2. The first-order valence-corrected chi connectivity index (χ1v) is 15.5. The first-order chi connectivity index (χ1) is 21.1. The lowest BCUT2D eigenvalue weighted by Gasteiger charge is -2.39. The monoisotopic (exact) mass is 611 g/mol. The highest BCUT2D eigenvalue weighted by atomic mass is 16.6. The Morgan fingerprint density at radius 2 is 1.59 bits per heavy atom. The average molecular weight is 612 g/mol. The lowest BCUT2D eigenvalue weighted by molar-refractivity contribution is -0.157. The highest BCUT2D eigenvalue weighted by Crippen LogP contribution is 2.27. The zero-order valence-electron chi connectivity index (χ0n) is 25.2. The number of fused-ring (bicyclic) bond motifs is 3. The van der Waals surface area contributed by atoms with E-state index in [0.29, 0.717) is 45.2 Å². The predicted molar refractivity (Wildman–Crippen MR) is 155 cm³/mol. The van der Waals surface area contributed by atoms with E-state index in [4.69, 9.17) is 9.47 Å². The molecule has 5 rings (SSSR count). The molecule has 44 heavy (non-hydrogen) atoms. The van der Waals surface area contributed by atoms with E-state index in [0.717, 1.165) is 12.0 Å². The molecule has 1 aromatic rings. The zero-order valence-corrected chi connectivity index (χ0v) is 25.2. The number of ether oxygens (including phenoxy) is 2. The number of esters is 1. The van der Waals surface area contributed by atoms with Gasteiger partial charge in [0.25, 0.3) is 0 Å². The van der Waals surface area contributed by atoms with Crippen LogP contribution < -0.4 is 10.6 Å². The second-order valence-corrected chi connectivity index (χ2v) is 12.2. The molecule has 0 saturated carbocycles. The van der Waals surface area contributed by atoms with Crippen LogP contribution in [0.3, 0.4) is 0 Å². The summed E-state index contributed by atoms with van der Waals surface area (Å²) in [6.07, 6.45) is 2.31. The molecule has 13 heteroatoms. The van der Waals surface area contributed by atoms with E-state index in [9.17, 15) is 28.8 Å². The third-order valence-corrected chi connectivity index (χ3v) is 8.90. The van der Waals surface area contributed by atoms with Gasteiger partial charge in [0.05, 0.1) is 0 Å². The Hall–Kier alpha value is -4.16. The van der Waals surface area contributed by atoms with Crippen LogP contribution in [0.4, 0.5) is 4.79 Å². The summed E-state index contributed by atoms with van der Waals surface area (Å²) in [6, 6.07) is 4.25. The van der Waals surface area contributed by atoms with Gasteiger partial charge in [-0.25, -0.2) is 9.59 Å². The van der Waals surface area contributed by atoms with Crippen LogP contribution in [0.5, 0.6) is 0 Å². The van der Waals surface area contributed by atoms with E-state index in [2.05, 4.69) is 10.6 Å². The van der Waals surface area contributed by atoms with Crippen LogP contribution in [0.25, 0.3) is 0 Å². The van der Waals surface area contributed by atoms with E-state index in [-0.39, 0.29) is 25.0 Å². The molecule has 238 valence electrons. The van der Waals surface area contributed by atoms with Gasteiger partial charge in [-0.1, -0.05) is 37.3 Å². The molecular formula is C31H41N5O8. The summed E-state index contributed by atoms with van der Waals surface area (Å²) in [6.45, 7) is 3.87. The van der Waals surface area contributed by atoms with Crippen molar-refractivity contribution in [2.75, 3.05) is 26.2 Å². The van der Waals surface area contributed by atoms with Crippen LogP contribution in [-0.2, 0) is 40.1 Å². The molecule has 13 nitrogen and oxygen atoms in total. The average Bonchev–Trinajstić information content (AvgIpc) is 3.68. The third-order valence-electron chi connectivity index (χ3n) is 8.90. The fraction of sp³-hybridized carbons (Fsp3) is 0.613. The minimum Gasteiger partial charge on any atom is -0.461 e. The summed E-state index contributed by atoms with van der Waals surface area (Å²) in [4.78, 5) is 85.3. The second kappa shape index (κ2) is 13.6. The lowest BCUT2D eigenvalue weighted by Crippen LogP contribution is -2.61. The van der Waals surface area contributed by atoms with Crippen molar-refractivity contribution in [2.45, 2.75) is 89.2 Å². The minimum absolute atomic E-state index is 0.00168. The molecule has 4 aliphatic rings. The highest BCUT2D eigenvalue weighted by molar-refractivity contribution is 5.96. The summed E-state index contributed by atoms with van der Waals surface area (Å²) in [7, 11) is 0. The summed E-state index contributed by atoms with van der Waals surface area (Å²) in [5, 5.41) is 5.31. The van der Waals surface area contributed by atoms with Crippen LogP contribution in [0, 0.1) is 5.92 Å². The molecule has 0 radical (unpaired) electrons. The van der Waals surface area contributed by atoms with Gasteiger partial charge < -0.3 is 34.8 Å². The number of amides is 5. The Balaban J connectivity index is 1.42. The Labute approximate surface area is 256 Å². The number of nitrogens with one attached hydrogen (secondary N) is 2. The molecule has 0 bridgehead atoms. The third kappa shape index (κ3) is 6.81. The van der Waals surface area contributed by atoms with Gasteiger partial charge in [0.2, 0.25) is 23.6 Å². The Bertz CT molecular complexity index is 1270. The van der Waals surface area contributed by atoms with E-state index >= 15 is 0 Å². The lowest BCUT2D eigenvalue weighted by atomic mass is 9.99. The van der Waals surface area contributed by atoms with E-state index in [1.165, 1.54) is 14.7 Å². The molecule has 4 fully saturated rings. The second-order valence-electron chi connectivity index (χ2n) is 12.2. The van der Waals surface area contributed by atoms with Crippen molar-refractivity contribution in [2.24, 2.45) is 5.92 Å². The van der Waals surface area contributed by atoms with Crippen LogP contribution in [0.2, 0.25) is 0 Å². The molecule has 6 atom stereocenters. The topological polar surface area (TPSA) is 155 Å². The number of benzene rings is 1. The number of cyclic esters (lactones) is 1. The predicted octanol–water partition coefficient (Wildman–Crippen LogP) is 0.952. The fourth-order valence-corrected chi connectivity index (χ4v) is 6.62. The maximum absolute atomic E-state index is 13.9. The van der Waals surface area contributed by atoms with Crippen molar-refractivity contribution >= 4 is 35.7 Å². The van der Waals surface area contributed by atoms with Gasteiger partial charge in [-0.3, -0.25) is 19.2 Å². The zero-order chi connectivity index (χ0) is 31.4. The van der Waals surface area contributed by atoms with E-state index in [1.807, 2.05) is 13.0 Å². The minimum atomic E-state index is -1.33. The number of piperidine rings is 1. The molecule has 1 aromatic carbocycles. The molecule has 2 N–H and O–H groups in total. The maximum atomic E-state index is 13.9. The molecule has 0 spiro atoms. The first-order valence-electron chi connectivity index (χ1n) is 15.5. The summed E-state index contributed by atoms with van der Waals surface area (Å²) < 4.78 is 10.9. The summed E-state index contributed by atoms with van der Waals surface area (Å²) in [5.41, 5.74) is 0.748. The first kappa shape index (κ1) is 31.3. The van der Waals surface area contributed by atoms with Gasteiger partial charge >= 0.3 is 12.1 Å². The van der Waals surface area contributed by atoms with Gasteiger partial charge in [0.15, 0.2) is 0 Å². The van der Waals surface area contributed by atoms with Gasteiger partial charge in [0.1, 0.15) is 43.4 Å². The van der Waals surface area contributed by atoms with Crippen LogP contribution >= 0.6 is 0 Å². The van der Waals surface area contributed by atoms with Crippen LogP contribution in [0.1, 0.15) is 57.9 Å². The largest absolute Gasteiger partial charge is 0.461 e. The maximum Gasteiger partial charge on any atom is 0.408 e. The number of nitrogens with zero attached hydrogens (tertiary/aromatic N) is 3. The van der Waals surface area contributed by atoms with Crippen molar-refractivity contribution in [3.8, 4) is 0 Å². The van der Waals surface area contributed by atoms with Crippen molar-refractivity contribution in [1.29, 1.82) is 0 Å². The number of rotatable bonds is 3.